The molecule has 3 aromatic rings. The van der Waals surface area contributed by atoms with Crippen molar-refractivity contribution in [1.82, 2.24) is 14.9 Å². The summed E-state index contributed by atoms with van der Waals surface area (Å²) in [6.07, 6.45) is 2.76. The van der Waals surface area contributed by atoms with Crippen LogP contribution in [0.25, 0.3) is 11.3 Å². The van der Waals surface area contributed by atoms with E-state index in [1.54, 1.807) is 12.1 Å². The highest BCUT2D eigenvalue weighted by atomic mass is 32.2. The quantitative estimate of drug-likeness (QED) is 0.387. The molecule has 0 bridgehead atoms. The zero-order valence-electron chi connectivity index (χ0n) is 20.7. The molecule has 192 valence electrons. The molecule has 2 aromatic carbocycles. The third kappa shape index (κ3) is 4.51. The number of aromatic nitrogens is 2. The van der Waals surface area contributed by atoms with Crippen LogP contribution in [0, 0.1) is 0 Å². The summed E-state index contributed by atoms with van der Waals surface area (Å²) in [4.78, 5) is 26.0. The van der Waals surface area contributed by atoms with Gasteiger partial charge in [0.25, 0.3) is 10.0 Å². The van der Waals surface area contributed by atoms with Crippen LogP contribution in [0.15, 0.2) is 66.2 Å². The fraction of sp³-hybridized carbons (Fsp3) is 0.269. The second kappa shape index (κ2) is 9.83. The lowest BCUT2D eigenvalue weighted by Gasteiger charge is -2.34. The van der Waals surface area contributed by atoms with Crippen molar-refractivity contribution in [2.24, 2.45) is 0 Å². The summed E-state index contributed by atoms with van der Waals surface area (Å²) in [5.74, 6) is -0.398. The molecule has 0 amide bonds. The lowest BCUT2D eigenvalue weighted by molar-refractivity contribution is 0.0601. The Kier molecular flexibility index (Phi) is 6.57. The van der Waals surface area contributed by atoms with Crippen LogP contribution in [0.4, 0.5) is 23.0 Å². The van der Waals surface area contributed by atoms with Gasteiger partial charge in [0.15, 0.2) is 0 Å². The molecule has 0 spiro atoms. The van der Waals surface area contributed by atoms with Crippen molar-refractivity contribution >= 4 is 39.0 Å². The van der Waals surface area contributed by atoms with Crippen LogP contribution in [0.1, 0.15) is 10.4 Å². The van der Waals surface area contributed by atoms with Crippen molar-refractivity contribution in [3.63, 3.8) is 0 Å². The van der Waals surface area contributed by atoms with Gasteiger partial charge in [-0.15, -0.1) is 6.58 Å². The van der Waals surface area contributed by atoms with Crippen LogP contribution in [0.2, 0.25) is 0 Å². The number of hydrogen-bond acceptors (Lipinski definition) is 9. The Bertz CT molecular complexity index is 1450. The molecule has 0 unspecified atom stereocenters. The number of hydrogen-bond donors (Lipinski definition) is 1. The highest BCUT2D eigenvalue weighted by Gasteiger charge is 2.38. The molecule has 0 radical (unpaired) electrons. The van der Waals surface area contributed by atoms with Crippen molar-refractivity contribution in [3.8, 4) is 11.3 Å². The average molecular weight is 521 g/mol. The maximum atomic E-state index is 13.5. The minimum Gasteiger partial charge on any atom is -0.465 e. The number of para-hydroxylation sites is 1. The molecule has 1 fully saturated rings. The zero-order valence-corrected chi connectivity index (χ0v) is 21.5. The molecule has 37 heavy (non-hydrogen) atoms. The molecule has 2 aliphatic rings. The normalized spacial score (nSPS) is 16.5. The van der Waals surface area contributed by atoms with E-state index in [1.807, 2.05) is 24.3 Å². The molecule has 5 rings (SSSR count). The van der Waals surface area contributed by atoms with Gasteiger partial charge in [-0.25, -0.2) is 23.2 Å². The Hall–Kier alpha value is -3.96. The number of benzene rings is 2. The number of carbonyl (C=O) groups is 1. The topological polar surface area (TPSA) is 108 Å². The minimum atomic E-state index is -4.04. The zero-order chi connectivity index (χ0) is 26.2. The fourth-order valence-corrected chi connectivity index (χ4v) is 6.15. The molecule has 11 heteroatoms. The number of piperazine rings is 1. The summed E-state index contributed by atoms with van der Waals surface area (Å²) >= 11 is 0. The number of fused-ring (bicyclic) bond motifs is 3. The van der Waals surface area contributed by atoms with Gasteiger partial charge in [-0.2, -0.15) is 0 Å². The number of methoxy groups -OCH3 is 1. The number of esters is 1. The molecular weight excluding hydrogens is 492 g/mol. The summed E-state index contributed by atoms with van der Waals surface area (Å²) in [5.41, 5.74) is 2.96. The Morgan fingerprint density at radius 2 is 1.86 bits per heavy atom. The lowest BCUT2D eigenvalue weighted by Crippen LogP contribution is -2.44. The van der Waals surface area contributed by atoms with E-state index in [2.05, 4.69) is 38.7 Å². The van der Waals surface area contributed by atoms with Crippen molar-refractivity contribution in [1.29, 1.82) is 0 Å². The Balaban J connectivity index is 1.50. The van der Waals surface area contributed by atoms with Crippen LogP contribution < -0.4 is 14.5 Å². The maximum absolute atomic E-state index is 13.5. The SMILES string of the molecule is C=CCN1c2c(C(=O)OC)cccc2-c2nc(Nc3ccc(N4CCN(C)CC4)cc3)ncc2S1(=O)=O. The Morgan fingerprint density at radius 3 is 2.54 bits per heavy atom. The summed E-state index contributed by atoms with van der Waals surface area (Å²) in [6.45, 7) is 7.64. The van der Waals surface area contributed by atoms with E-state index < -0.39 is 16.0 Å². The van der Waals surface area contributed by atoms with Crippen LogP contribution in [-0.2, 0) is 14.8 Å². The number of nitrogens with zero attached hydrogens (tertiary/aromatic N) is 5. The van der Waals surface area contributed by atoms with Gasteiger partial charge in [0.2, 0.25) is 5.95 Å². The monoisotopic (exact) mass is 520 g/mol. The van der Waals surface area contributed by atoms with Gasteiger partial charge in [0, 0.05) is 43.1 Å². The molecule has 3 heterocycles. The first-order valence-corrected chi connectivity index (χ1v) is 13.3. The average Bonchev–Trinajstić information content (AvgIpc) is 2.91. The number of ether oxygens (including phenoxy) is 1. The highest BCUT2D eigenvalue weighted by Crippen LogP contribution is 2.44. The number of anilines is 4. The molecule has 2 aliphatic heterocycles. The summed E-state index contributed by atoms with van der Waals surface area (Å²) in [7, 11) is -0.663. The van der Waals surface area contributed by atoms with Crippen molar-refractivity contribution in [3.05, 3.63) is 66.9 Å². The molecule has 0 atom stereocenters. The van der Waals surface area contributed by atoms with Crippen LogP contribution >= 0.6 is 0 Å². The van der Waals surface area contributed by atoms with Gasteiger partial charge >= 0.3 is 5.97 Å². The van der Waals surface area contributed by atoms with E-state index >= 15 is 0 Å². The first-order valence-electron chi connectivity index (χ1n) is 11.9. The first kappa shape index (κ1) is 24.7. The van der Waals surface area contributed by atoms with Gasteiger partial charge in [-0.05, 0) is 37.4 Å². The number of rotatable bonds is 6. The Labute approximate surface area is 216 Å². The predicted molar refractivity (Wildman–Crippen MR) is 143 cm³/mol. The first-order chi connectivity index (χ1) is 17.8. The molecule has 10 nitrogen and oxygen atoms in total. The predicted octanol–water partition coefficient (Wildman–Crippen LogP) is 3.12. The van der Waals surface area contributed by atoms with Crippen LogP contribution in [0.5, 0.6) is 0 Å². The van der Waals surface area contributed by atoms with E-state index in [9.17, 15) is 13.2 Å². The molecular formula is C26H28N6O4S. The third-order valence-corrected chi connectivity index (χ3v) is 8.32. The molecule has 0 aliphatic carbocycles. The standard InChI is InChI=1S/C26H28N6O4S/c1-4-12-32-24-20(6-5-7-21(24)25(33)36-3)23-22(37(32,34)35)17-27-26(29-23)28-18-8-10-19(11-9-18)31-15-13-30(2)14-16-31/h4-11,17H,1,12-16H2,2-3H3,(H,27,28,29). The van der Waals surface area contributed by atoms with E-state index in [0.29, 0.717) is 5.56 Å². The van der Waals surface area contributed by atoms with Gasteiger partial charge < -0.3 is 19.9 Å². The lowest BCUT2D eigenvalue weighted by atomic mass is 10.0. The van der Waals surface area contributed by atoms with Crippen molar-refractivity contribution in [2.75, 3.05) is 61.4 Å². The summed E-state index contributed by atoms with van der Waals surface area (Å²) < 4.78 is 33.1. The third-order valence-electron chi connectivity index (χ3n) is 6.56. The molecule has 1 aromatic heterocycles. The smallest absolute Gasteiger partial charge is 0.340 e. The largest absolute Gasteiger partial charge is 0.465 e. The van der Waals surface area contributed by atoms with Gasteiger partial charge in [-0.1, -0.05) is 18.2 Å². The molecule has 0 saturated carbocycles. The van der Waals surface area contributed by atoms with Crippen molar-refractivity contribution in [2.45, 2.75) is 4.90 Å². The van der Waals surface area contributed by atoms with Crippen molar-refractivity contribution < 1.29 is 17.9 Å². The second-order valence-electron chi connectivity index (χ2n) is 8.89. The number of likely N-dealkylation sites (N-methyl/N-ethyl adjacent to an activating group) is 1. The van der Waals surface area contributed by atoms with Gasteiger partial charge in [-0.3, -0.25) is 4.31 Å². The van der Waals surface area contributed by atoms with Crippen LogP contribution in [0.3, 0.4) is 0 Å². The molecule has 1 N–H and O–H groups in total. The van der Waals surface area contributed by atoms with Gasteiger partial charge in [0.1, 0.15) is 4.90 Å². The minimum absolute atomic E-state index is 0.0254. The number of carbonyl (C=O) groups excluding carboxylic acids is 1. The van der Waals surface area contributed by atoms with E-state index in [0.717, 1.165) is 41.9 Å². The summed E-state index contributed by atoms with van der Waals surface area (Å²) in [5, 5.41) is 3.17. The van der Waals surface area contributed by atoms with E-state index in [-0.39, 0.29) is 34.3 Å². The maximum Gasteiger partial charge on any atom is 0.340 e. The second-order valence-corrected chi connectivity index (χ2v) is 10.7. The van der Waals surface area contributed by atoms with E-state index in [1.165, 1.54) is 25.4 Å². The van der Waals surface area contributed by atoms with Crippen LogP contribution in [-0.4, -0.2) is 76.1 Å². The number of sulfonamides is 1. The Morgan fingerprint density at radius 1 is 1.14 bits per heavy atom. The molecule has 1 saturated heterocycles. The fourth-order valence-electron chi connectivity index (χ4n) is 4.59. The highest BCUT2D eigenvalue weighted by molar-refractivity contribution is 7.93. The summed E-state index contributed by atoms with van der Waals surface area (Å²) in [6, 6.07) is 12.9. The number of nitrogens with one attached hydrogen (secondary N) is 1. The van der Waals surface area contributed by atoms with Gasteiger partial charge in [0.05, 0.1) is 36.8 Å². The van der Waals surface area contributed by atoms with E-state index in [4.69, 9.17) is 4.74 Å².